The summed E-state index contributed by atoms with van der Waals surface area (Å²) in [7, 11) is 1.54. The molecule has 20 heavy (non-hydrogen) atoms. The highest BCUT2D eigenvalue weighted by molar-refractivity contribution is 5.88. The molecule has 0 saturated carbocycles. The van der Waals surface area contributed by atoms with E-state index >= 15 is 0 Å². The molecule has 0 aliphatic heterocycles. The molecule has 0 fully saturated rings. The van der Waals surface area contributed by atoms with Gasteiger partial charge in [0.25, 0.3) is 0 Å². The summed E-state index contributed by atoms with van der Waals surface area (Å²) in [6.45, 7) is 2.42. The van der Waals surface area contributed by atoms with Crippen molar-refractivity contribution in [1.82, 2.24) is 10.3 Å². The molecule has 110 valence electrons. The van der Waals surface area contributed by atoms with Crippen LogP contribution in [0.25, 0.3) is 0 Å². The maximum Gasteiger partial charge on any atom is 0.354 e. The second-order valence-corrected chi connectivity index (χ2v) is 4.09. The zero-order valence-electron chi connectivity index (χ0n) is 11.3. The molecule has 0 saturated heterocycles. The van der Waals surface area contributed by atoms with Crippen LogP contribution in [-0.4, -0.2) is 48.3 Å². The van der Waals surface area contributed by atoms with Gasteiger partial charge in [-0.15, -0.1) is 0 Å². The number of methoxy groups -OCH3 is 1. The largest absolute Gasteiger partial charge is 0.477 e. The van der Waals surface area contributed by atoms with Gasteiger partial charge in [-0.25, -0.2) is 9.78 Å². The Balaban J connectivity index is 2.69. The van der Waals surface area contributed by atoms with Crippen molar-refractivity contribution in [2.45, 2.75) is 13.0 Å². The zero-order chi connectivity index (χ0) is 15.1. The summed E-state index contributed by atoms with van der Waals surface area (Å²) in [4.78, 5) is 26.4. The average Bonchev–Trinajstić information content (AvgIpc) is 2.41. The number of aromatic carboxylic acids is 1. The first-order valence-corrected chi connectivity index (χ1v) is 5.98. The lowest BCUT2D eigenvalue weighted by Crippen LogP contribution is -2.39. The molecule has 0 aliphatic carbocycles. The van der Waals surface area contributed by atoms with Crippen molar-refractivity contribution in [2.75, 3.05) is 31.3 Å². The molecule has 1 rings (SSSR count). The topological polar surface area (TPSA) is 127 Å². The fourth-order valence-electron chi connectivity index (χ4n) is 1.40. The van der Waals surface area contributed by atoms with Crippen LogP contribution in [0.3, 0.4) is 0 Å². The third kappa shape index (κ3) is 4.39. The Hall–Kier alpha value is -2.35. The first kappa shape index (κ1) is 15.7. The molecule has 1 unspecified atom stereocenters. The Kier molecular flexibility index (Phi) is 5.73. The van der Waals surface area contributed by atoms with Gasteiger partial charge in [0.2, 0.25) is 5.91 Å². The molecular weight excluding hydrogens is 264 g/mol. The van der Waals surface area contributed by atoms with Crippen molar-refractivity contribution < 1.29 is 19.4 Å². The molecule has 0 bridgehead atoms. The van der Waals surface area contributed by atoms with Crippen LogP contribution in [0, 0.1) is 0 Å². The number of rotatable bonds is 7. The Labute approximate surface area is 116 Å². The van der Waals surface area contributed by atoms with Gasteiger partial charge < -0.3 is 26.2 Å². The number of pyridine rings is 1. The highest BCUT2D eigenvalue weighted by Crippen LogP contribution is 2.16. The summed E-state index contributed by atoms with van der Waals surface area (Å²) in [5.74, 6) is -1.26. The van der Waals surface area contributed by atoms with Gasteiger partial charge in [-0.3, -0.25) is 4.79 Å². The molecule has 8 heteroatoms. The summed E-state index contributed by atoms with van der Waals surface area (Å²) in [6.07, 6.45) is 0. The van der Waals surface area contributed by atoms with Gasteiger partial charge in [0, 0.05) is 13.7 Å². The van der Waals surface area contributed by atoms with Crippen LogP contribution < -0.4 is 16.4 Å². The molecule has 1 heterocycles. The standard InChI is InChI=1S/C12H18N4O4/c1-7(11(17)14-5-6-20-2)15-10-8(13)3-4-9(16-10)12(18)19/h3-4,7H,5-6,13H2,1-2H3,(H,14,17)(H,15,16)(H,18,19). The fraction of sp³-hybridized carbons (Fsp3) is 0.417. The van der Waals surface area contributed by atoms with Crippen molar-refractivity contribution in [3.63, 3.8) is 0 Å². The summed E-state index contributed by atoms with van der Waals surface area (Å²) < 4.78 is 4.82. The van der Waals surface area contributed by atoms with Gasteiger partial charge in [0.15, 0.2) is 11.5 Å². The first-order chi connectivity index (χ1) is 9.45. The fourth-order valence-corrected chi connectivity index (χ4v) is 1.40. The number of nitrogens with two attached hydrogens (primary N) is 1. The third-order valence-corrected chi connectivity index (χ3v) is 2.50. The van der Waals surface area contributed by atoms with E-state index in [-0.39, 0.29) is 23.1 Å². The number of carbonyl (C=O) groups excluding carboxylic acids is 1. The van der Waals surface area contributed by atoms with Crippen molar-refractivity contribution in [3.8, 4) is 0 Å². The van der Waals surface area contributed by atoms with Crippen molar-refractivity contribution in [2.24, 2.45) is 0 Å². The van der Waals surface area contributed by atoms with Gasteiger partial charge in [-0.05, 0) is 19.1 Å². The van der Waals surface area contributed by atoms with E-state index in [1.165, 1.54) is 19.2 Å². The second-order valence-electron chi connectivity index (χ2n) is 4.09. The molecule has 1 amide bonds. The number of carboxylic acids is 1. The molecule has 0 radical (unpaired) electrons. The number of aromatic nitrogens is 1. The summed E-state index contributed by atoms with van der Waals surface area (Å²) >= 11 is 0. The number of nitrogens with one attached hydrogen (secondary N) is 2. The van der Waals surface area contributed by atoms with Crippen molar-refractivity contribution >= 4 is 23.4 Å². The Morgan fingerprint density at radius 1 is 1.50 bits per heavy atom. The SMILES string of the molecule is COCCNC(=O)C(C)Nc1nc(C(=O)O)ccc1N. The minimum atomic E-state index is -1.16. The monoisotopic (exact) mass is 282 g/mol. The minimum Gasteiger partial charge on any atom is -0.477 e. The van der Waals surface area contributed by atoms with Gasteiger partial charge in [-0.2, -0.15) is 0 Å². The molecule has 0 aliphatic rings. The molecule has 1 aromatic heterocycles. The van der Waals surface area contributed by atoms with Gasteiger partial charge in [0.05, 0.1) is 12.3 Å². The van der Waals surface area contributed by atoms with Gasteiger partial charge in [0.1, 0.15) is 6.04 Å². The quantitative estimate of drug-likeness (QED) is 0.515. The molecule has 5 N–H and O–H groups in total. The number of carboxylic acid groups (broad SMARTS) is 1. The van der Waals surface area contributed by atoms with Crippen LogP contribution in [0.1, 0.15) is 17.4 Å². The normalized spacial score (nSPS) is 11.7. The number of hydrogen-bond acceptors (Lipinski definition) is 6. The van der Waals surface area contributed by atoms with E-state index in [2.05, 4.69) is 15.6 Å². The molecule has 0 spiro atoms. The lowest BCUT2D eigenvalue weighted by atomic mass is 10.2. The van der Waals surface area contributed by atoms with Crippen LogP contribution in [0.5, 0.6) is 0 Å². The maximum atomic E-state index is 11.7. The third-order valence-electron chi connectivity index (χ3n) is 2.50. The number of hydrogen-bond donors (Lipinski definition) is 4. The summed E-state index contributed by atoms with van der Waals surface area (Å²) in [5.41, 5.74) is 5.82. The van der Waals surface area contributed by atoms with Crippen LogP contribution in [0.15, 0.2) is 12.1 Å². The van der Waals surface area contributed by atoms with E-state index in [0.29, 0.717) is 13.2 Å². The number of ether oxygens (including phenoxy) is 1. The van der Waals surface area contributed by atoms with Crippen molar-refractivity contribution in [1.29, 1.82) is 0 Å². The van der Waals surface area contributed by atoms with E-state index in [1.54, 1.807) is 6.92 Å². The average molecular weight is 282 g/mol. The van der Waals surface area contributed by atoms with Crippen LogP contribution in [-0.2, 0) is 9.53 Å². The van der Waals surface area contributed by atoms with E-state index in [1.807, 2.05) is 0 Å². The molecule has 1 atom stereocenters. The lowest BCUT2D eigenvalue weighted by molar-refractivity contribution is -0.121. The predicted molar refractivity (Wildman–Crippen MR) is 73.6 cm³/mol. The maximum absolute atomic E-state index is 11.7. The number of nitrogen functional groups attached to an aromatic ring is 1. The van der Waals surface area contributed by atoms with Gasteiger partial charge in [-0.1, -0.05) is 0 Å². The van der Waals surface area contributed by atoms with Crippen LogP contribution in [0.2, 0.25) is 0 Å². The first-order valence-electron chi connectivity index (χ1n) is 5.98. The smallest absolute Gasteiger partial charge is 0.354 e. The number of anilines is 2. The molecular formula is C12H18N4O4. The molecule has 1 aromatic rings. The highest BCUT2D eigenvalue weighted by atomic mass is 16.5. The Morgan fingerprint density at radius 2 is 2.20 bits per heavy atom. The minimum absolute atomic E-state index is 0.145. The second kappa shape index (κ2) is 7.29. The lowest BCUT2D eigenvalue weighted by Gasteiger charge is -2.16. The summed E-state index contributed by atoms with van der Waals surface area (Å²) in [5, 5.41) is 14.3. The zero-order valence-corrected chi connectivity index (χ0v) is 11.3. The van der Waals surface area contributed by atoms with Crippen molar-refractivity contribution in [3.05, 3.63) is 17.8 Å². The summed E-state index contributed by atoms with van der Waals surface area (Å²) in [6, 6.07) is 2.12. The van der Waals surface area contributed by atoms with Crippen LogP contribution >= 0.6 is 0 Å². The van der Waals surface area contributed by atoms with Gasteiger partial charge >= 0.3 is 5.97 Å². The van der Waals surface area contributed by atoms with E-state index in [0.717, 1.165) is 0 Å². The van der Waals surface area contributed by atoms with E-state index in [9.17, 15) is 9.59 Å². The predicted octanol–water partition coefficient (Wildman–Crippen LogP) is -0.0750. The molecule has 8 nitrogen and oxygen atoms in total. The van der Waals surface area contributed by atoms with E-state index < -0.39 is 12.0 Å². The molecule has 0 aromatic carbocycles. The van der Waals surface area contributed by atoms with Crippen LogP contribution in [0.4, 0.5) is 11.5 Å². The number of carbonyl (C=O) groups is 2. The number of amides is 1. The van der Waals surface area contributed by atoms with E-state index in [4.69, 9.17) is 15.6 Å². The highest BCUT2D eigenvalue weighted by Gasteiger charge is 2.15. The Morgan fingerprint density at radius 3 is 2.80 bits per heavy atom. The Bertz CT molecular complexity index is 492. The number of nitrogens with zero attached hydrogens (tertiary/aromatic N) is 1.